The number of nitrogens with one attached hydrogen (secondary N) is 1. The molecule has 1 unspecified atom stereocenters. The molecule has 1 aromatic heterocycles. The second-order valence-corrected chi connectivity index (χ2v) is 5.94. The predicted molar refractivity (Wildman–Crippen MR) is 82.6 cm³/mol. The first kappa shape index (κ1) is 15.8. The van der Waals surface area contributed by atoms with Gasteiger partial charge in [0.25, 0.3) is 5.91 Å². The van der Waals surface area contributed by atoms with Crippen LogP contribution in [-0.4, -0.2) is 40.7 Å². The molecule has 0 saturated carbocycles. The average Bonchev–Trinajstić information content (AvgIpc) is 2.75. The fourth-order valence-corrected chi connectivity index (χ4v) is 3.19. The summed E-state index contributed by atoms with van der Waals surface area (Å²) in [4.78, 5) is 29.6. The van der Waals surface area contributed by atoms with E-state index in [0.717, 1.165) is 43.5 Å². The molecular weight excluding hydrogens is 266 g/mol. The summed E-state index contributed by atoms with van der Waals surface area (Å²) < 4.78 is 0. The number of aromatic amines is 1. The Labute approximate surface area is 125 Å². The molecule has 1 saturated heterocycles. The van der Waals surface area contributed by atoms with E-state index in [-0.39, 0.29) is 17.7 Å². The van der Waals surface area contributed by atoms with Crippen molar-refractivity contribution < 1.29 is 9.59 Å². The van der Waals surface area contributed by atoms with Crippen molar-refractivity contribution in [1.29, 1.82) is 0 Å². The Morgan fingerprint density at radius 1 is 1.43 bits per heavy atom. The van der Waals surface area contributed by atoms with Gasteiger partial charge in [-0.05, 0) is 38.7 Å². The highest BCUT2D eigenvalue weighted by Gasteiger charge is 2.28. The van der Waals surface area contributed by atoms with Gasteiger partial charge >= 0.3 is 0 Å². The van der Waals surface area contributed by atoms with Crippen LogP contribution in [0.1, 0.15) is 65.2 Å². The maximum Gasteiger partial charge on any atom is 0.270 e. The molecule has 1 amide bonds. The lowest BCUT2D eigenvalue weighted by atomic mass is 10.00. The number of hydrogen-bond acceptors (Lipinski definition) is 3. The first-order valence-electron chi connectivity index (χ1n) is 7.72. The number of hydrogen-bond donors (Lipinski definition) is 2. The SMILES string of the molecule is CCCc1c(C(=O)N2CCCC(N)C2)[nH]c(C)c1C(C)=O. The Morgan fingerprint density at radius 3 is 2.71 bits per heavy atom. The van der Waals surface area contributed by atoms with Crippen LogP contribution in [0.2, 0.25) is 0 Å². The largest absolute Gasteiger partial charge is 0.354 e. The molecule has 2 rings (SSSR count). The highest BCUT2D eigenvalue weighted by molar-refractivity contribution is 6.02. The van der Waals surface area contributed by atoms with Gasteiger partial charge in [-0.1, -0.05) is 13.3 Å². The molecule has 5 heteroatoms. The zero-order chi connectivity index (χ0) is 15.6. The average molecular weight is 291 g/mol. The second-order valence-electron chi connectivity index (χ2n) is 5.94. The van der Waals surface area contributed by atoms with Crippen LogP contribution >= 0.6 is 0 Å². The molecule has 0 aromatic carbocycles. The molecule has 0 radical (unpaired) electrons. The van der Waals surface area contributed by atoms with Gasteiger partial charge in [0.2, 0.25) is 0 Å². The van der Waals surface area contributed by atoms with Crippen LogP contribution in [0.5, 0.6) is 0 Å². The topological polar surface area (TPSA) is 79.2 Å². The third-order valence-corrected chi connectivity index (χ3v) is 4.10. The minimum absolute atomic E-state index is 0.0154. The van der Waals surface area contributed by atoms with E-state index in [1.807, 2.05) is 11.8 Å². The summed E-state index contributed by atoms with van der Waals surface area (Å²) in [5.74, 6) is -0.00852. The van der Waals surface area contributed by atoms with Crippen LogP contribution < -0.4 is 5.73 Å². The number of ketones is 1. The van der Waals surface area contributed by atoms with Gasteiger partial charge < -0.3 is 15.6 Å². The van der Waals surface area contributed by atoms with E-state index >= 15 is 0 Å². The Hall–Kier alpha value is -1.62. The fraction of sp³-hybridized carbons (Fsp3) is 0.625. The number of carbonyl (C=O) groups excluding carboxylic acids is 2. The van der Waals surface area contributed by atoms with Crippen LogP contribution in [0, 0.1) is 6.92 Å². The number of rotatable bonds is 4. The molecule has 1 aliphatic rings. The zero-order valence-electron chi connectivity index (χ0n) is 13.2. The molecule has 1 atom stereocenters. The third-order valence-electron chi connectivity index (χ3n) is 4.10. The first-order chi connectivity index (χ1) is 9.95. The van der Waals surface area contributed by atoms with Crippen LogP contribution in [-0.2, 0) is 6.42 Å². The Balaban J connectivity index is 2.36. The van der Waals surface area contributed by atoms with Gasteiger partial charge in [-0.25, -0.2) is 0 Å². The van der Waals surface area contributed by atoms with Gasteiger partial charge in [-0.3, -0.25) is 9.59 Å². The number of aromatic nitrogens is 1. The Bertz CT molecular complexity index is 548. The summed E-state index contributed by atoms with van der Waals surface area (Å²) in [6.45, 7) is 6.80. The summed E-state index contributed by atoms with van der Waals surface area (Å²) in [5, 5.41) is 0. The van der Waals surface area contributed by atoms with Gasteiger partial charge in [-0.2, -0.15) is 0 Å². The van der Waals surface area contributed by atoms with Crippen LogP contribution in [0.4, 0.5) is 0 Å². The van der Waals surface area contributed by atoms with E-state index in [4.69, 9.17) is 5.73 Å². The van der Waals surface area contributed by atoms with Crippen molar-refractivity contribution >= 4 is 11.7 Å². The van der Waals surface area contributed by atoms with E-state index in [1.165, 1.54) is 0 Å². The van der Waals surface area contributed by atoms with E-state index in [2.05, 4.69) is 11.9 Å². The minimum atomic E-state index is -0.0239. The van der Waals surface area contributed by atoms with Crippen molar-refractivity contribution in [1.82, 2.24) is 9.88 Å². The zero-order valence-corrected chi connectivity index (χ0v) is 13.2. The summed E-state index contributed by atoms with van der Waals surface area (Å²) >= 11 is 0. The first-order valence-corrected chi connectivity index (χ1v) is 7.72. The molecule has 1 fully saturated rings. The van der Waals surface area contributed by atoms with E-state index in [0.29, 0.717) is 17.8 Å². The van der Waals surface area contributed by atoms with Crippen LogP contribution in [0.25, 0.3) is 0 Å². The maximum absolute atomic E-state index is 12.8. The van der Waals surface area contributed by atoms with Gasteiger partial charge in [-0.15, -0.1) is 0 Å². The van der Waals surface area contributed by atoms with Crippen LogP contribution in [0.15, 0.2) is 0 Å². The van der Waals surface area contributed by atoms with E-state index in [9.17, 15) is 9.59 Å². The third kappa shape index (κ3) is 3.18. The molecular formula is C16H25N3O2. The molecule has 0 spiro atoms. The summed E-state index contributed by atoms with van der Waals surface area (Å²) in [6, 6.07) is 0.0562. The maximum atomic E-state index is 12.8. The monoisotopic (exact) mass is 291 g/mol. The van der Waals surface area contributed by atoms with Crippen LogP contribution in [0.3, 0.4) is 0 Å². The van der Waals surface area contributed by atoms with Crippen molar-refractivity contribution in [2.45, 2.75) is 52.5 Å². The lowest BCUT2D eigenvalue weighted by Gasteiger charge is -2.30. The molecule has 2 heterocycles. The number of aryl methyl sites for hydroxylation is 1. The van der Waals surface area contributed by atoms with Gasteiger partial charge in [0, 0.05) is 30.4 Å². The van der Waals surface area contributed by atoms with E-state index in [1.54, 1.807) is 6.92 Å². The number of carbonyl (C=O) groups is 2. The molecule has 1 aliphatic heterocycles. The van der Waals surface area contributed by atoms with E-state index < -0.39 is 0 Å². The number of H-pyrrole nitrogens is 1. The highest BCUT2D eigenvalue weighted by Crippen LogP contribution is 2.23. The Morgan fingerprint density at radius 2 is 2.14 bits per heavy atom. The highest BCUT2D eigenvalue weighted by atomic mass is 16.2. The standard InChI is InChI=1S/C16H25N3O2/c1-4-6-13-14(11(3)20)10(2)18-15(13)16(21)19-8-5-7-12(17)9-19/h12,18H,4-9,17H2,1-3H3. The lowest BCUT2D eigenvalue weighted by Crippen LogP contribution is -2.46. The second kappa shape index (κ2) is 6.43. The number of amides is 1. The smallest absolute Gasteiger partial charge is 0.270 e. The van der Waals surface area contributed by atoms with Crippen molar-refractivity contribution in [3.63, 3.8) is 0 Å². The molecule has 5 nitrogen and oxygen atoms in total. The number of likely N-dealkylation sites (tertiary alicyclic amines) is 1. The van der Waals surface area contributed by atoms with Crippen molar-refractivity contribution in [2.75, 3.05) is 13.1 Å². The predicted octanol–water partition coefficient (Wildman–Crippen LogP) is 2.04. The number of Topliss-reactive ketones (excluding diaryl/α,β-unsaturated/α-hetero) is 1. The minimum Gasteiger partial charge on any atom is -0.354 e. The van der Waals surface area contributed by atoms with Crippen molar-refractivity contribution in [3.8, 4) is 0 Å². The van der Waals surface area contributed by atoms with Gasteiger partial charge in [0.1, 0.15) is 5.69 Å². The quantitative estimate of drug-likeness (QED) is 0.833. The van der Waals surface area contributed by atoms with Crippen molar-refractivity contribution in [3.05, 3.63) is 22.5 Å². The Kier molecular flexibility index (Phi) is 4.83. The molecule has 3 N–H and O–H groups in total. The lowest BCUT2D eigenvalue weighted by molar-refractivity contribution is 0.0702. The fourth-order valence-electron chi connectivity index (χ4n) is 3.19. The summed E-state index contributed by atoms with van der Waals surface area (Å²) in [7, 11) is 0. The summed E-state index contributed by atoms with van der Waals surface area (Å²) in [5.41, 5.74) is 8.88. The van der Waals surface area contributed by atoms with Gasteiger partial charge in [0.15, 0.2) is 5.78 Å². The summed E-state index contributed by atoms with van der Waals surface area (Å²) in [6.07, 6.45) is 3.54. The normalized spacial score (nSPS) is 18.9. The number of nitrogens with two attached hydrogens (primary N) is 1. The van der Waals surface area contributed by atoms with Gasteiger partial charge in [0.05, 0.1) is 0 Å². The molecule has 21 heavy (non-hydrogen) atoms. The number of nitrogens with zero attached hydrogens (tertiary/aromatic N) is 1. The molecule has 0 aliphatic carbocycles. The molecule has 0 bridgehead atoms. The number of piperidine rings is 1. The molecule has 1 aromatic rings. The molecule has 116 valence electrons. The van der Waals surface area contributed by atoms with Crippen molar-refractivity contribution in [2.24, 2.45) is 5.73 Å².